The van der Waals surface area contributed by atoms with Crippen LogP contribution in [0.4, 0.5) is 5.95 Å². The number of hydrogen-bond donors (Lipinski definition) is 1. The summed E-state index contributed by atoms with van der Waals surface area (Å²) in [6, 6.07) is 7.87. The second-order valence-electron chi connectivity index (χ2n) is 6.71. The molecule has 0 spiro atoms. The Morgan fingerprint density at radius 2 is 1.77 bits per heavy atom. The van der Waals surface area contributed by atoms with Crippen LogP contribution in [0.25, 0.3) is 11.3 Å². The summed E-state index contributed by atoms with van der Waals surface area (Å²) >= 11 is 0. The number of carbonyl (C=O) groups is 1. The van der Waals surface area contributed by atoms with Gasteiger partial charge in [0.25, 0.3) is 0 Å². The van der Waals surface area contributed by atoms with E-state index in [2.05, 4.69) is 9.88 Å². The standard InChI is InChI=1S/C20H25N3O3/c1-13-7-9-15(10-8-13)17-16(18(24)19(25)26-3)14(2)21-20(22-17)23-11-5-4-6-12-23/h7-10,18,24H,4-6,11-12H2,1-3H3. The summed E-state index contributed by atoms with van der Waals surface area (Å²) < 4.78 is 4.72. The fraction of sp³-hybridized carbons (Fsp3) is 0.450. The minimum Gasteiger partial charge on any atom is -0.467 e. The smallest absolute Gasteiger partial charge is 0.339 e. The Balaban J connectivity index is 2.13. The zero-order valence-electron chi connectivity index (χ0n) is 15.5. The van der Waals surface area contributed by atoms with Crippen LogP contribution in [-0.2, 0) is 9.53 Å². The molecule has 3 rings (SSSR count). The highest BCUT2D eigenvalue weighted by Gasteiger charge is 2.27. The number of hydrogen-bond acceptors (Lipinski definition) is 6. The highest BCUT2D eigenvalue weighted by Crippen LogP contribution is 2.32. The summed E-state index contributed by atoms with van der Waals surface area (Å²) in [5.74, 6) is -0.0608. The third-order valence-corrected chi connectivity index (χ3v) is 4.79. The molecular formula is C20H25N3O3. The van der Waals surface area contributed by atoms with Gasteiger partial charge in [-0.05, 0) is 33.1 Å². The van der Waals surface area contributed by atoms with Gasteiger partial charge in [0.15, 0.2) is 6.10 Å². The zero-order valence-corrected chi connectivity index (χ0v) is 15.5. The third-order valence-electron chi connectivity index (χ3n) is 4.79. The Bertz CT molecular complexity index is 784. The minimum absolute atomic E-state index is 0.404. The van der Waals surface area contributed by atoms with Gasteiger partial charge in [0.1, 0.15) is 0 Å². The van der Waals surface area contributed by atoms with Crippen LogP contribution in [0, 0.1) is 13.8 Å². The minimum atomic E-state index is -1.41. The van der Waals surface area contributed by atoms with Gasteiger partial charge in [-0.1, -0.05) is 29.8 Å². The summed E-state index contributed by atoms with van der Waals surface area (Å²) in [5, 5.41) is 10.5. The molecule has 1 aromatic heterocycles. The molecule has 0 aliphatic carbocycles. The predicted octanol–water partition coefficient (Wildman–Crippen LogP) is 2.96. The highest BCUT2D eigenvalue weighted by atomic mass is 16.5. The largest absolute Gasteiger partial charge is 0.467 e. The van der Waals surface area contributed by atoms with E-state index in [1.807, 2.05) is 31.2 Å². The number of aliphatic hydroxyl groups is 1. The molecule has 0 radical (unpaired) electrons. The number of aliphatic hydroxyl groups excluding tert-OH is 1. The lowest BCUT2D eigenvalue weighted by molar-refractivity contribution is -0.150. The fourth-order valence-electron chi connectivity index (χ4n) is 3.29. The van der Waals surface area contributed by atoms with Crippen LogP contribution in [0.2, 0.25) is 0 Å². The molecule has 1 aromatic carbocycles. The number of aryl methyl sites for hydroxylation is 2. The first-order valence-corrected chi connectivity index (χ1v) is 8.97. The molecule has 1 unspecified atom stereocenters. The Kier molecular flexibility index (Phi) is 5.52. The van der Waals surface area contributed by atoms with Gasteiger partial charge in [0.05, 0.1) is 12.8 Å². The summed E-state index contributed by atoms with van der Waals surface area (Å²) in [7, 11) is 1.26. The van der Waals surface area contributed by atoms with Crippen LogP contribution in [0.1, 0.15) is 42.2 Å². The normalized spacial score (nSPS) is 15.6. The predicted molar refractivity (Wildman–Crippen MR) is 100.0 cm³/mol. The van der Waals surface area contributed by atoms with E-state index in [0.717, 1.165) is 37.1 Å². The monoisotopic (exact) mass is 355 g/mol. The molecule has 6 heteroatoms. The first-order valence-electron chi connectivity index (χ1n) is 8.97. The van der Waals surface area contributed by atoms with Gasteiger partial charge in [-0.25, -0.2) is 14.8 Å². The maximum Gasteiger partial charge on any atom is 0.339 e. The van der Waals surface area contributed by atoms with E-state index in [4.69, 9.17) is 9.72 Å². The van der Waals surface area contributed by atoms with E-state index >= 15 is 0 Å². The van der Waals surface area contributed by atoms with Crippen molar-refractivity contribution in [3.05, 3.63) is 41.1 Å². The van der Waals surface area contributed by atoms with E-state index in [9.17, 15) is 9.90 Å². The average Bonchev–Trinajstić information content (AvgIpc) is 2.67. The summed E-state index contributed by atoms with van der Waals surface area (Å²) in [4.78, 5) is 23.4. The number of rotatable bonds is 4. The van der Waals surface area contributed by atoms with Crippen molar-refractivity contribution in [2.45, 2.75) is 39.2 Å². The van der Waals surface area contributed by atoms with Crippen molar-refractivity contribution in [1.29, 1.82) is 0 Å². The number of nitrogens with zero attached hydrogens (tertiary/aromatic N) is 3. The molecular weight excluding hydrogens is 330 g/mol. The van der Waals surface area contributed by atoms with Crippen LogP contribution in [0.5, 0.6) is 0 Å². The Hall–Kier alpha value is -2.47. The summed E-state index contributed by atoms with van der Waals surface area (Å²) in [5.41, 5.74) is 3.55. The van der Waals surface area contributed by atoms with Crippen LogP contribution < -0.4 is 4.90 Å². The Labute approximate surface area is 153 Å². The summed E-state index contributed by atoms with van der Waals surface area (Å²) in [6.45, 7) is 5.66. The van der Waals surface area contributed by atoms with Gasteiger partial charge in [0, 0.05) is 29.9 Å². The molecule has 0 amide bonds. The van der Waals surface area contributed by atoms with E-state index in [-0.39, 0.29) is 0 Å². The number of aromatic nitrogens is 2. The number of anilines is 1. The number of carbonyl (C=O) groups excluding carboxylic acids is 1. The van der Waals surface area contributed by atoms with Gasteiger partial charge in [-0.15, -0.1) is 0 Å². The molecule has 1 fully saturated rings. The highest BCUT2D eigenvalue weighted by molar-refractivity contribution is 5.80. The molecule has 0 saturated carbocycles. The van der Waals surface area contributed by atoms with Crippen molar-refractivity contribution in [3.63, 3.8) is 0 Å². The molecule has 0 bridgehead atoms. The third kappa shape index (κ3) is 3.70. The maximum absolute atomic E-state index is 12.0. The second kappa shape index (κ2) is 7.83. The number of ether oxygens (including phenoxy) is 1. The van der Waals surface area contributed by atoms with Crippen molar-refractivity contribution in [1.82, 2.24) is 9.97 Å². The summed E-state index contributed by atoms with van der Waals surface area (Å²) in [6.07, 6.45) is 2.05. The molecule has 6 nitrogen and oxygen atoms in total. The van der Waals surface area contributed by atoms with Crippen LogP contribution >= 0.6 is 0 Å². The molecule has 1 aliphatic rings. The van der Waals surface area contributed by atoms with Crippen molar-refractivity contribution in [2.75, 3.05) is 25.1 Å². The second-order valence-corrected chi connectivity index (χ2v) is 6.71. The van der Waals surface area contributed by atoms with E-state index in [1.54, 1.807) is 6.92 Å². The van der Waals surface area contributed by atoms with Gasteiger partial charge in [0.2, 0.25) is 5.95 Å². The van der Waals surface area contributed by atoms with Gasteiger partial charge in [-0.3, -0.25) is 0 Å². The van der Waals surface area contributed by atoms with E-state index in [1.165, 1.54) is 13.5 Å². The van der Waals surface area contributed by atoms with E-state index < -0.39 is 12.1 Å². The maximum atomic E-state index is 12.0. The molecule has 2 aromatic rings. The lowest BCUT2D eigenvalue weighted by Crippen LogP contribution is -2.31. The zero-order chi connectivity index (χ0) is 18.7. The van der Waals surface area contributed by atoms with Gasteiger partial charge in [-0.2, -0.15) is 0 Å². The molecule has 1 N–H and O–H groups in total. The number of benzene rings is 1. The Morgan fingerprint density at radius 3 is 2.38 bits per heavy atom. The lowest BCUT2D eigenvalue weighted by Gasteiger charge is -2.28. The number of methoxy groups -OCH3 is 1. The quantitative estimate of drug-likeness (QED) is 0.850. The molecule has 1 atom stereocenters. The Morgan fingerprint density at radius 1 is 1.12 bits per heavy atom. The van der Waals surface area contributed by atoms with Crippen molar-refractivity contribution < 1.29 is 14.6 Å². The molecule has 26 heavy (non-hydrogen) atoms. The molecule has 1 aliphatic heterocycles. The molecule has 138 valence electrons. The molecule has 2 heterocycles. The number of piperidine rings is 1. The van der Waals surface area contributed by atoms with Crippen LogP contribution in [-0.4, -0.2) is 41.2 Å². The topological polar surface area (TPSA) is 75.6 Å². The van der Waals surface area contributed by atoms with Crippen molar-refractivity contribution >= 4 is 11.9 Å². The van der Waals surface area contributed by atoms with Crippen molar-refractivity contribution in [3.8, 4) is 11.3 Å². The number of esters is 1. The van der Waals surface area contributed by atoms with E-state index in [0.29, 0.717) is 22.9 Å². The first kappa shape index (κ1) is 18.3. The first-order chi connectivity index (χ1) is 12.5. The van der Waals surface area contributed by atoms with Crippen molar-refractivity contribution in [2.24, 2.45) is 0 Å². The van der Waals surface area contributed by atoms with Gasteiger partial charge < -0.3 is 14.7 Å². The molecule has 1 saturated heterocycles. The average molecular weight is 355 g/mol. The van der Waals surface area contributed by atoms with Gasteiger partial charge >= 0.3 is 5.97 Å². The SMILES string of the molecule is COC(=O)C(O)c1c(C)nc(N2CCCCC2)nc1-c1ccc(C)cc1. The lowest BCUT2D eigenvalue weighted by atomic mass is 9.99. The van der Waals surface area contributed by atoms with Crippen LogP contribution in [0.15, 0.2) is 24.3 Å². The van der Waals surface area contributed by atoms with Crippen LogP contribution in [0.3, 0.4) is 0 Å². The fourth-order valence-corrected chi connectivity index (χ4v) is 3.29.